The van der Waals surface area contributed by atoms with Crippen molar-refractivity contribution in [1.82, 2.24) is 0 Å². The van der Waals surface area contributed by atoms with Gasteiger partial charge in [0.2, 0.25) is 0 Å². The molecule has 0 aromatic carbocycles. The molecule has 0 bridgehead atoms. The van der Waals surface area contributed by atoms with Gasteiger partial charge in [0.1, 0.15) is 0 Å². The second-order valence-corrected chi connectivity index (χ2v) is 1.28. The maximum Gasteiger partial charge on any atom is 2.00 e. The second kappa shape index (κ2) is 8.08. The minimum Gasteiger partial charge on any atom is -1.00 e. The molecule has 0 aliphatic rings. The molecule has 0 heterocycles. The summed E-state index contributed by atoms with van der Waals surface area (Å²) in [4.78, 5) is 10.1. The van der Waals surface area contributed by atoms with Gasteiger partial charge in [-0.3, -0.25) is 4.79 Å². The molecule has 0 aromatic heterocycles. The number of esters is 1. The maximum atomic E-state index is 10.1. The second-order valence-electron chi connectivity index (χ2n) is 0.963. The zero-order valence-corrected chi connectivity index (χ0v) is 7.99. The van der Waals surface area contributed by atoms with Gasteiger partial charge in [-0.1, -0.05) is 0 Å². The van der Waals surface area contributed by atoms with Crippen LogP contribution in [0.4, 0.5) is 0 Å². The van der Waals surface area contributed by atoms with Crippen LogP contribution in [0.1, 0.15) is 9.78 Å². The molecular formula is C4H10CaO2S. The molecule has 0 aliphatic carbocycles. The smallest absolute Gasteiger partial charge is 1.00 e. The molecule has 0 unspecified atom stereocenters. The van der Waals surface area contributed by atoms with Gasteiger partial charge in [-0.15, -0.1) is 0 Å². The Labute approximate surface area is 87.3 Å². The third-order valence-electron chi connectivity index (χ3n) is 0.434. The Morgan fingerprint density at radius 1 is 1.88 bits per heavy atom. The van der Waals surface area contributed by atoms with Gasteiger partial charge in [-0.2, -0.15) is 12.6 Å². The molecule has 2 nitrogen and oxygen atoms in total. The number of carbonyl (C=O) groups excluding carboxylic acids is 1. The van der Waals surface area contributed by atoms with Crippen LogP contribution < -0.4 is 0 Å². The first-order valence-electron chi connectivity index (χ1n) is 2.07. The Bertz CT molecular complexity index is 74.3. The number of hydrogen-bond acceptors (Lipinski definition) is 3. The largest absolute Gasteiger partial charge is 2.00 e. The summed E-state index contributed by atoms with van der Waals surface area (Å²) in [6, 6.07) is 0. The van der Waals surface area contributed by atoms with Crippen molar-refractivity contribution < 1.29 is 12.4 Å². The minimum atomic E-state index is -0.258. The predicted octanol–water partition coefficient (Wildman–Crippen LogP) is 0.323. The minimum absolute atomic E-state index is 0. The first-order chi connectivity index (χ1) is 3.31. The number of carbonyl (C=O) groups is 1. The van der Waals surface area contributed by atoms with Crippen LogP contribution in [0.2, 0.25) is 0 Å². The average molecular weight is 162 g/mol. The van der Waals surface area contributed by atoms with Crippen LogP contribution in [0, 0.1) is 0 Å². The van der Waals surface area contributed by atoms with Gasteiger partial charge in [0.05, 0.1) is 12.4 Å². The molecule has 0 amide bonds. The van der Waals surface area contributed by atoms with Crippen LogP contribution in [-0.2, 0) is 9.53 Å². The molecule has 8 heavy (non-hydrogen) atoms. The average Bonchev–Trinajstić information content (AvgIpc) is 1.68. The number of thiol groups is 1. The van der Waals surface area contributed by atoms with Crippen molar-refractivity contribution in [3.05, 3.63) is 0 Å². The molecule has 0 radical (unpaired) electrons. The Hall–Kier alpha value is 1.08. The van der Waals surface area contributed by atoms with E-state index in [2.05, 4.69) is 17.4 Å². The van der Waals surface area contributed by atoms with Gasteiger partial charge < -0.3 is 7.59 Å². The molecule has 0 aliphatic heterocycles. The molecule has 46 valence electrons. The number of hydrogen-bond donors (Lipinski definition) is 1. The molecule has 0 atom stereocenters. The first-order valence-corrected chi connectivity index (χ1v) is 2.71. The molecule has 0 saturated heterocycles. The number of rotatable bonds is 2. The van der Waals surface area contributed by atoms with E-state index in [1.165, 1.54) is 0 Å². The quantitative estimate of drug-likeness (QED) is 0.360. The van der Waals surface area contributed by atoms with Crippen molar-refractivity contribution >= 4 is 56.3 Å². The topological polar surface area (TPSA) is 26.3 Å². The molecule has 0 spiro atoms. The molecule has 4 heteroatoms. The summed E-state index contributed by atoms with van der Waals surface area (Å²) in [7, 11) is 0. The molecule has 0 aromatic rings. The standard InChI is InChI=1S/C4H8O2S.Ca.2H/c1-2-6-4(5)3-7;;;/h7H,2-3H2,1H3;;;/q;+2;2*-1. The summed E-state index contributed by atoms with van der Waals surface area (Å²) in [5, 5.41) is 0. The van der Waals surface area contributed by atoms with Crippen molar-refractivity contribution in [2.45, 2.75) is 6.92 Å². The van der Waals surface area contributed by atoms with E-state index in [4.69, 9.17) is 0 Å². The zero-order chi connectivity index (χ0) is 5.70. The summed E-state index contributed by atoms with van der Waals surface area (Å²) in [6.07, 6.45) is 0. The van der Waals surface area contributed by atoms with Crippen LogP contribution in [0.15, 0.2) is 0 Å². The molecular weight excluding hydrogens is 152 g/mol. The Morgan fingerprint density at radius 2 is 2.38 bits per heavy atom. The third-order valence-corrected chi connectivity index (χ3v) is 0.693. The van der Waals surface area contributed by atoms with Crippen LogP contribution in [-0.4, -0.2) is 56.1 Å². The molecule has 0 rings (SSSR count). The normalized spacial score (nSPS) is 7.25. The van der Waals surface area contributed by atoms with E-state index in [1.54, 1.807) is 6.92 Å². The van der Waals surface area contributed by atoms with Crippen molar-refractivity contribution in [1.29, 1.82) is 0 Å². The fourth-order valence-electron chi connectivity index (χ4n) is 0.207. The van der Waals surface area contributed by atoms with Crippen LogP contribution in [0.3, 0.4) is 0 Å². The van der Waals surface area contributed by atoms with Crippen molar-refractivity contribution in [2.75, 3.05) is 12.4 Å². The summed E-state index contributed by atoms with van der Waals surface area (Å²) in [5.74, 6) is -0.0840. The van der Waals surface area contributed by atoms with E-state index in [0.29, 0.717) is 6.61 Å². The van der Waals surface area contributed by atoms with Gasteiger partial charge >= 0.3 is 43.7 Å². The fraction of sp³-hybridized carbons (Fsp3) is 0.750. The van der Waals surface area contributed by atoms with Crippen LogP contribution in [0.5, 0.6) is 0 Å². The SMILES string of the molecule is CCOC(=O)CS.[Ca+2].[H-].[H-]. The number of ether oxygens (including phenoxy) is 1. The summed E-state index contributed by atoms with van der Waals surface area (Å²) >= 11 is 3.67. The molecule has 0 saturated carbocycles. The van der Waals surface area contributed by atoms with Crippen molar-refractivity contribution in [2.24, 2.45) is 0 Å². The van der Waals surface area contributed by atoms with Gasteiger partial charge in [0.15, 0.2) is 0 Å². The Balaban J connectivity index is -0.0000000600. The van der Waals surface area contributed by atoms with E-state index in [0.717, 1.165) is 0 Å². The molecule has 0 N–H and O–H groups in total. The van der Waals surface area contributed by atoms with Gasteiger partial charge in [0.25, 0.3) is 0 Å². The summed E-state index contributed by atoms with van der Waals surface area (Å²) in [5.41, 5.74) is 0. The van der Waals surface area contributed by atoms with Gasteiger partial charge in [-0.05, 0) is 6.92 Å². The Kier molecular flexibility index (Phi) is 11.9. The third kappa shape index (κ3) is 7.08. The van der Waals surface area contributed by atoms with Crippen LogP contribution >= 0.6 is 12.6 Å². The van der Waals surface area contributed by atoms with E-state index >= 15 is 0 Å². The van der Waals surface area contributed by atoms with Crippen LogP contribution in [0.25, 0.3) is 0 Å². The maximum absolute atomic E-state index is 10.1. The van der Waals surface area contributed by atoms with E-state index in [-0.39, 0.29) is 52.3 Å². The zero-order valence-electron chi connectivity index (χ0n) is 6.89. The summed E-state index contributed by atoms with van der Waals surface area (Å²) < 4.78 is 4.48. The summed E-state index contributed by atoms with van der Waals surface area (Å²) in [6.45, 7) is 2.21. The van der Waals surface area contributed by atoms with E-state index in [1.807, 2.05) is 0 Å². The van der Waals surface area contributed by atoms with Crippen molar-refractivity contribution in [3.63, 3.8) is 0 Å². The Morgan fingerprint density at radius 3 is 2.50 bits per heavy atom. The fourth-order valence-corrected chi connectivity index (χ4v) is 0.298. The van der Waals surface area contributed by atoms with E-state index in [9.17, 15) is 4.79 Å². The first kappa shape index (κ1) is 11.8. The van der Waals surface area contributed by atoms with Gasteiger partial charge in [-0.25, -0.2) is 0 Å². The van der Waals surface area contributed by atoms with Crippen molar-refractivity contribution in [3.8, 4) is 0 Å². The van der Waals surface area contributed by atoms with E-state index < -0.39 is 0 Å². The predicted molar refractivity (Wildman–Crippen MR) is 38.5 cm³/mol. The monoisotopic (exact) mass is 162 g/mol. The van der Waals surface area contributed by atoms with Gasteiger partial charge in [0, 0.05) is 0 Å². The molecule has 0 fully saturated rings.